The lowest BCUT2D eigenvalue weighted by molar-refractivity contribution is 0.0690. The third-order valence-corrected chi connectivity index (χ3v) is 3.44. The highest BCUT2D eigenvalue weighted by Crippen LogP contribution is 2.26. The molecule has 0 radical (unpaired) electrons. The maximum absolute atomic E-state index is 13.5. The topological polar surface area (TPSA) is 76.2 Å². The van der Waals surface area contributed by atoms with Gasteiger partial charge in [-0.2, -0.15) is 0 Å². The number of nitrogens with two attached hydrogens (primary N) is 1. The first kappa shape index (κ1) is 13.4. The van der Waals surface area contributed by atoms with Crippen molar-refractivity contribution in [3.8, 4) is 0 Å². The quantitative estimate of drug-likeness (QED) is 0.664. The number of thioether (sulfide) groups is 1. The fourth-order valence-corrected chi connectivity index (χ4v) is 2.29. The average molecular weight is 278 g/mol. The molecule has 0 amide bonds. The number of hydrogen-bond donors (Lipinski definition) is 2. The predicted octanol–water partition coefficient (Wildman–Crippen LogP) is 2.79. The maximum Gasteiger partial charge on any atom is 0.354 e. The number of nitrogens with zero attached hydrogens (tertiary/aromatic N) is 1. The summed E-state index contributed by atoms with van der Waals surface area (Å²) in [6.45, 7) is 0. The van der Waals surface area contributed by atoms with E-state index in [4.69, 9.17) is 10.8 Å². The summed E-state index contributed by atoms with van der Waals surface area (Å²) in [7, 11) is 0. The second-order valence-corrected chi connectivity index (χ2v) is 4.82. The van der Waals surface area contributed by atoms with Crippen LogP contribution in [-0.2, 0) is 5.75 Å². The Hall–Kier alpha value is -2.08. The Kier molecular flexibility index (Phi) is 4.01. The molecule has 1 heterocycles. The Labute approximate surface area is 113 Å². The molecule has 0 saturated heterocycles. The highest BCUT2D eigenvalue weighted by atomic mass is 32.2. The number of pyridine rings is 1. The van der Waals surface area contributed by atoms with Crippen LogP contribution in [0.15, 0.2) is 41.3 Å². The van der Waals surface area contributed by atoms with E-state index in [-0.39, 0.29) is 11.5 Å². The summed E-state index contributed by atoms with van der Waals surface area (Å²) >= 11 is 1.24. The molecule has 4 nitrogen and oxygen atoms in total. The number of aromatic carboxylic acids is 1. The zero-order valence-electron chi connectivity index (χ0n) is 9.84. The Morgan fingerprint density at radius 1 is 1.37 bits per heavy atom. The van der Waals surface area contributed by atoms with E-state index in [0.29, 0.717) is 22.0 Å². The van der Waals surface area contributed by atoms with E-state index in [9.17, 15) is 9.18 Å². The van der Waals surface area contributed by atoms with Gasteiger partial charge in [0.2, 0.25) is 0 Å². The van der Waals surface area contributed by atoms with Gasteiger partial charge in [0.1, 0.15) is 11.5 Å². The molecule has 19 heavy (non-hydrogen) atoms. The largest absolute Gasteiger partial charge is 0.477 e. The molecule has 98 valence electrons. The SMILES string of the molecule is Nc1ccc(SCc2cccc(C(=O)O)n2)c(F)c1. The Morgan fingerprint density at radius 2 is 2.16 bits per heavy atom. The van der Waals surface area contributed by atoms with Crippen LogP contribution in [0.1, 0.15) is 16.2 Å². The zero-order valence-corrected chi connectivity index (χ0v) is 10.7. The van der Waals surface area contributed by atoms with Crippen LogP contribution in [0.25, 0.3) is 0 Å². The normalized spacial score (nSPS) is 10.4. The molecule has 0 spiro atoms. The van der Waals surface area contributed by atoms with Crippen LogP contribution in [0.4, 0.5) is 10.1 Å². The number of nitrogen functional groups attached to an aromatic ring is 1. The zero-order chi connectivity index (χ0) is 13.8. The minimum Gasteiger partial charge on any atom is -0.477 e. The van der Waals surface area contributed by atoms with E-state index >= 15 is 0 Å². The molecule has 6 heteroatoms. The van der Waals surface area contributed by atoms with Gasteiger partial charge in [-0.3, -0.25) is 0 Å². The molecule has 0 saturated carbocycles. The van der Waals surface area contributed by atoms with Gasteiger partial charge in [-0.25, -0.2) is 14.2 Å². The summed E-state index contributed by atoms with van der Waals surface area (Å²) < 4.78 is 13.5. The first-order valence-electron chi connectivity index (χ1n) is 5.43. The van der Waals surface area contributed by atoms with E-state index in [1.54, 1.807) is 24.3 Å². The number of carbonyl (C=O) groups is 1. The Morgan fingerprint density at radius 3 is 2.84 bits per heavy atom. The molecule has 0 aliphatic rings. The molecule has 0 unspecified atom stereocenters. The van der Waals surface area contributed by atoms with Crippen molar-refractivity contribution in [2.75, 3.05) is 5.73 Å². The van der Waals surface area contributed by atoms with Crippen LogP contribution < -0.4 is 5.73 Å². The van der Waals surface area contributed by atoms with E-state index < -0.39 is 5.97 Å². The molecule has 0 atom stereocenters. The Balaban J connectivity index is 2.10. The summed E-state index contributed by atoms with van der Waals surface area (Å²) in [5.41, 5.74) is 6.40. The van der Waals surface area contributed by atoms with Crippen molar-refractivity contribution in [3.05, 3.63) is 53.6 Å². The molecule has 2 aromatic rings. The fourth-order valence-electron chi connectivity index (χ4n) is 1.46. The highest BCUT2D eigenvalue weighted by molar-refractivity contribution is 7.98. The van der Waals surface area contributed by atoms with Crippen LogP contribution in [-0.4, -0.2) is 16.1 Å². The van der Waals surface area contributed by atoms with Gasteiger partial charge in [0.15, 0.2) is 0 Å². The third-order valence-electron chi connectivity index (χ3n) is 2.36. The monoisotopic (exact) mass is 278 g/mol. The molecule has 1 aromatic heterocycles. The summed E-state index contributed by atoms with van der Waals surface area (Å²) in [6, 6.07) is 9.20. The number of rotatable bonds is 4. The van der Waals surface area contributed by atoms with Crippen molar-refractivity contribution >= 4 is 23.4 Å². The van der Waals surface area contributed by atoms with E-state index in [1.165, 1.54) is 23.9 Å². The van der Waals surface area contributed by atoms with Gasteiger partial charge in [0.05, 0.1) is 5.69 Å². The minimum atomic E-state index is -1.08. The van der Waals surface area contributed by atoms with Crippen molar-refractivity contribution in [1.29, 1.82) is 0 Å². The second-order valence-electron chi connectivity index (χ2n) is 3.80. The lowest BCUT2D eigenvalue weighted by Gasteiger charge is -2.04. The van der Waals surface area contributed by atoms with Crippen molar-refractivity contribution in [1.82, 2.24) is 4.98 Å². The molecular formula is C13H11FN2O2S. The number of carboxylic acids is 1. The van der Waals surface area contributed by atoms with Gasteiger partial charge in [-0.15, -0.1) is 11.8 Å². The summed E-state index contributed by atoms with van der Waals surface area (Å²) in [5, 5.41) is 8.83. The summed E-state index contributed by atoms with van der Waals surface area (Å²) in [5.74, 6) is -1.08. The number of anilines is 1. The molecule has 0 aliphatic heterocycles. The lowest BCUT2D eigenvalue weighted by atomic mass is 10.3. The van der Waals surface area contributed by atoms with Gasteiger partial charge in [-0.1, -0.05) is 6.07 Å². The van der Waals surface area contributed by atoms with Crippen LogP contribution in [0.3, 0.4) is 0 Å². The Bertz CT molecular complexity index is 619. The number of benzene rings is 1. The molecule has 0 bridgehead atoms. The fraction of sp³-hybridized carbons (Fsp3) is 0.0769. The minimum absolute atomic E-state index is 0.0177. The van der Waals surface area contributed by atoms with Crippen LogP contribution in [0, 0.1) is 5.82 Å². The number of hydrogen-bond acceptors (Lipinski definition) is 4. The summed E-state index contributed by atoms with van der Waals surface area (Å²) in [6.07, 6.45) is 0. The van der Waals surface area contributed by atoms with E-state index in [1.807, 2.05) is 0 Å². The standard InChI is InChI=1S/C13H11FN2O2S/c14-10-6-8(15)4-5-12(10)19-7-9-2-1-3-11(16-9)13(17)18/h1-6H,7,15H2,(H,17,18). The average Bonchev–Trinajstić information content (AvgIpc) is 2.38. The highest BCUT2D eigenvalue weighted by Gasteiger charge is 2.07. The molecule has 1 aromatic carbocycles. The molecular weight excluding hydrogens is 267 g/mol. The van der Waals surface area contributed by atoms with Gasteiger partial charge in [-0.05, 0) is 30.3 Å². The van der Waals surface area contributed by atoms with E-state index in [2.05, 4.69) is 4.98 Å². The molecule has 3 N–H and O–H groups in total. The second kappa shape index (κ2) is 5.71. The third kappa shape index (κ3) is 3.45. The van der Waals surface area contributed by atoms with Crippen molar-refractivity contribution in [3.63, 3.8) is 0 Å². The molecule has 0 aliphatic carbocycles. The number of carboxylic acid groups (broad SMARTS) is 1. The van der Waals surface area contributed by atoms with Gasteiger partial charge in [0.25, 0.3) is 0 Å². The first-order valence-corrected chi connectivity index (χ1v) is 6.42. The predicted molar refractivity (Wildman–Crippen MR) is 71.6 cm³/mol. The smallest absolute Gasteiger partial charge is 0.354 e. The van der Waals surface area contributed by atoms with Crippen molar-refractivity contribution in [2.24, 2.45) is 0 Å². The van der Waals surface area contributed by atoms with Gasteiger partial charge < -0.3 is 10.8 Å². The molecule has 2 rings (SSSR count). The van der Waals surface area contributed by atoms with Crippen LogP contribution in [0.5, 0.6) is 0 Å². The van der Waals surface area contributed by atoms with Crippen LogP contribution in [0.2, 0.25) is 0 Å². The maximum atomic E-state index is 13.5. The van der Waals surface area contributed by atoms with E-state index in [0.717, 1.165) is 0 Å². The first-order chi connectivity index (χ1) is 9.06. The van der Waals surface area contributed by atoms with Crippen LogP contribution >= 0.6 is 11.8 Å². The number of aromatic nitrogens is 1. The van der Waals surface area contributed by atoms with Crippen molar-refractivity contribution < 1.29 is 14.3 Å². The van der Waals surface area contributed by atoms with Gasteiger partial charge in [0, 0.05) is 16.3 Å². The summed E-state index contributed by atoms with van der Waals surface area (Å²) in [4.78, 5) is 15.2. The van der Waals surface area contributed by atoms with Gasteiger partial charge >= 0.3 is 5.97 Å². The lowest BCUT2D eigenvalue weighted by Crippen LogP contribution is -2.01. The number of halogens is 1. The van der Waals surface area contributed by atoms with Crippen molar-refractivity contribution in [2.45, 2.75) is 10.6 Å². The molecule has 0 fully saturated rings.